The second kappa shape index (κ2) is 7.02. The minimum absolute atomic E-state index is 0.260. The van der Waals surface area contributed by atoms with Crippen molar-refractivity contribution >= 4 is 17.7 Å². The molecule has 0 aromatic heterocycles. The Morgan fingerprint density at radius 3 is 2.50 bits per heavy atom. The van der Waals surface area contributed by atoms with Crippen molar-refractivity contribution in [2.24, 2.45) is 0 Å². The minimum atomic E-state index is -1.24. The number of carbonyl (C=O) groups is 2. The van der Waals surface area contributed by atoms with Gasteiger partial charge in [0.05, 0.1) is 5.69 Å². The van der Waals surface area contributed by atoms with Crippen LogP contribution >= 0.6 is 0 Å². The second-order valence-electron chi connectivity index (χ2n) is 5.84. The van der Waals surface area contributed by atoms with Crippen LogP contribution in [0.15, 0.2) is 18.2 Å². The molecule has 0 aliphatic heterocycles. The summed E-state index contributed by atoms with van der Waals surface area (Å²) in [7, 11) is 0. The average molecular weight is 310 g/mol. The molecule has 0 aliphatic carbocycles. The Morgan fingerprint density at radius 2 is 2.00 bits per heavy atom. The first-order valence-corrected chi connectivity index (χ1v) is 6.80. The molecule has 7 nitrogen and oxygen atoms in total. The third-order valence-electron chi connectivity index (χ3n) is 2.63. The van der Waals surface area contributed by atoms with E-state index in [1.54, 1.807) is 45.9 Å². The Hall–Kier alpha value is -2.44. The summed E-state index contributed by atoms with van der Waals surface area (Å²) in [6, 6.07) is 3.97. The van der Waals surface area contributed by atoms with E-state index in [9.17, 15) is 9.59 Å². The monoisotopic (exact) mass is 310 g/mol. The van der Waals surface area contributed by atoms with E-state index < -0.39 is 23.7 Å². The number of hydrogen-bond acceptors (Lipinski definition) is 5. The maximum absolute atomic E-state index is 11.6. The molecule has 0 spiro atoms. The highest BCUT2D eigenvalue weighted by atomic mass is 16.6. The molecule has 1 aromatic carbocycles. The molecule has 22 heavy (non-hydrogen) atoms. The minimum Gasteiger partial charge on any atom is -0.488 e. The third-order valence-corrected chi connectivity index (χ3v) is 2.63. The molecule has 1 amide bonds. The lowest BCUT2D eigenvalue weighted by molar-refractivity contribution is -0.140. The van der Waals surface area contributed by atoms with Gasteiger partial charge in [-0.15, -0.1) is 0 Å². The standard InChI is InChI=1S/C15H22N2O5/c1-9-6-5-7-10(16)12(9)21-8-11(13(18)19)17-14(20)22-15(2,3)4/h5-7,11H,8,16H2,1-4H3,(H,17,20)(H,18,19). The van der Waals surface area contributed by atoms with Crippen molar-refractivity contribution < 1.29 is 24.2 Å². The highest BCUT2D eigenvalue weighted by Gasteiger charge is 2.25. The second-order valence-corrected chi connectivity index (χ2v) is 5.84. The number of aliphatic carboxylic acids is 1. The van der Waals surface area contributed by atoms with Crippen LogP contribution in [0.25, 0.3) is 0 Å². The van der Waals surface area contributed by atoms with Gasteiger partial charge in [0.25, 0.3) is 0 Å². The Morgan fingerprint density at radius 1 is 1.36 bits per heavy atom. The van der Waals surface area contributed by atoms with Crippen LogP contribution in [0.2, 0.25) is 0 Å². The summed E-state index contributed by atoms with van der Waals surface area (Å²) in [6.45, 7) is 6.60. The number of amides is 1. The Kier molecular flexibility index (Phi) is 5.62. The zero-order chi connectivity index (χ0) is 16.9. The van der Waals surface area contributed by atoms with Gasteiger partial charge in [-0.2, -0.15) is 0 Å². The van der Waals surface area contributed by atoms with Gasteiger partial charge in [0, 0.05) is 0 Å². The quantitative estimate of drug-likeness (QED) is 0.717. The molecule has 1 atom stereocenters. The van der Waals surface area contributed by atoms with Gasteiger partial charge in [0.2, 0.25) is 0 Å². The molecular weight excluding hydrogens is 288 g/mol. The maximum Gasteiger partial charge on any atom is 0.408 e. The first-order chi connectivity index (χ1) is 10.1. The number of aryl methyl sites for hydroxylation is 1. The van der Waals surface area contributed by atoms with Gasteiger partial charge in [-0.3, -0.25) is 0 Å². The molecule has 1 aromatic rings. The van der Waals surface area contributed by atoms with Crippen molar-refractivity contribution in [3.8, 4) is 5.75 Å². The van der Waals surface area contributed by atoms with Gasteiger partial charge in [0.1, 0.15) is 18.0 Å². The fourth-order valence-electron chi connectivity index (χ4n) is 1.66. The zero-order valence-corrected chi connectivity index (χ0v) is 13.2. The van der Waals surface area contributed by atoms with Crippen LogP contribution in [0.5, 0.6) is 5.75 Å². The molecule has 0 saturated carbocycles. The summed E-state index contributed by atoms with van der Waals surface area (Å²) in [5.74, 6) is -0.822. The smallest absolute Gasteiger partial charge is 0.408 e. The number of anilines is 1. The summed E-state index contributed by atoms with van der Waals surface area (Å²) >= 11 is 0. The molecule has 122 valence electrons. The topological polar surface area (TPSA) is 111 Å². The number of rotatable bonds is 5. The van der Waals surface area contributed by atoms with Crippen LogP contribution in [0.4, 0.5) is 10.5 Å². The van der Waals surface area contributed by atoms with Crippen LogP contribution < -0.4 is 15.8 Å². The van der Waals surface area contributed by atoms with E-state index in [1.807, 2.05) is 0 Å². The van der Waals surface area contributed by atoms with Crippen molar-refractivity contribution in [3.05, 3.63) is 23.8 Å². The number of hydrogen-bond donors (Lipinski definition) is 3. The number of carbonyl (C=O) groups excluding carboxylic acids is 1. The lowest BCUT2D eigenvalue weighted by Crippen LogP contribution is -2.46. The molecule has 7 heteroatoms. The lowest BCUT2D eigenvalue weighted by Gasteiger charge is -2.22. The summed E-state index contributed by atoms with van der Waals surface area (Å²) in [4.78, 5) is 22.9. The number of nitrogens with two attached hydrogens (primary N) is 1. The fraction of sp³-hybridized carbons (Fsp3) is 0.467. The molecule has 0 radical (unpaired) electrons. The van der Waals surface area contributed by atoms with Crippen LogP contribution in [0, 0.1) is 6.92 Å². The first kappa shape index (κ1) is 17.6. The Bertz CT molecular complexity index is 531. The van der Waals surface area contributed by atoms with Gasteiger partial charge >= 0.3 is 12.1 Å². The van der Waals surface area contributed by atoms with Crippen LogP contribution in [0.3, 0.4) is 0 Å². The number of nitrogens with one attached hydrogen (secondary N) is 1. The number of para-hydroxylation sites is 1. The van der Waals surface area contributed by atoms with E-state index in [-0.39, 0.29) is 6.61 Å². The van der Waals surface area contributed by atoms with Gasteiger partial charge in [-0.05, 0) is 39.3 Å². The molecule has 0 heterocycles. The van der Waals surface area contributed by atoms with Crippen molar-refractivity contribution in [1.82, 2.24) is 5.32 Å². The fourth-order valence-corrected chi connectivity index (χ4v) is 1.66. The highest BCUT2D eigenvalue weighted by molar-refractivity contribution is 5.80. The van der Waals surface area contributed by atoms with Crippen molar-refractivity contribution in [3.63, 3.8) is 0 Å². The summed E-state index contributed by atoms with van der Waals surface area (Å²) in [5, 5.41) is 11.4. The largest absolute Gasteiger partial charge is 0.488 e. The average Bonchev–Trinajstić information content (AvgIpc) is 2.34. The van der Waals surface area contributed by atoms with Crippen LogP contribution in [-0.2, 0) is 9.53 Å². The molecule has 1 unspecified atom stereocenters. The molecule has 0 aliphatic rings. The summed E-state index contributed by atoms with van der Waals surface area (Å²) in [5.41, 5.74) is 6.25. The summed E-state index contributed by atoms with van der Waals surface area (Å²) in [6.07, 6.45) is -0.818. The lowest BCUT2D eigenvalue weighted by atomic mass is 10.2. The number of carboxylic acids is 1. The van der Waals surface area contributed by atoms with Crippen molar-refractivity contribution in [2.75, 3.05) is 12.3 Å². The van der Waals surface area contributed by atoms with Gasteiger partial charge in [-0.1, -0.05) is 12.1 Å². The number of alkyl carbamates (subject to hydrolysis) is 1. The number of carboxylic acid groups (broad SMARTS) is 1. The molecular formula is C15H22N2O5. The van der Waals surface area contributed by atoms with Crippen molar-refractivity contribution in [1.29, 1.82) is 0 Å². The third kappa shape index (κ3) is 5.51. The zero-order valence-electron chi connectivity index (χ0n) is 13.2. The maximum atomic E-state index is 11.6. The van der Waals surface area contributed by atoms with E-state index in [4.69, 9.17) is 20.3 Å². The Labute approximate surface area is 129 Å². The SMILES string of the molecule is Cc1cccc(N)c1OCC(NC(=O)OC(C)(C)C)C(=O)O. The molecule has 0 bridgehead atoms. The number of nitrogen functional groups attached to an aromatic ring is 1. The number of benzene rings is 1. The van der Waals surface area contributed by atoms with Crippen molar-refractivity contribution in [2.45, 2.75) is 39.3 Å². The van der Waals surface area contributed by atoms with Gasteiger partial charge in [0.15, 0.2) is 6.04 Å². The Balaban J connectivity index is 2.70. The predicted octanol–water partition coefficient (Wildman–Crippen LogP) is 1.93. The molecule has 1 rings (SSSR count). The normalized spacial score (nSPS) is 12.4. The molecule has 0 saturated heterocycles. The first-order valence-electron chi connectivity index (χ1n) is 6.80. The van der Waals surface area contributed by atoms with Gasteiger partial charge in [-0.25, -0.2) is 9.59 Å². The van der Waals surface area contributed by atoms with E-state index in [0.29, 0.717) is 11.4 Å². The highest BCUT2D eigenvalue weighted by Crippen LogP contribution is 2.25. The predicted molar refractivity (Wildman–Crippen MR) is 81.9 cm³/mol. The van der Waals surface area contributed by atoms with E-state index in [0.717, 1.165) is 5.56 Å². The number of ether oxygens (including phenoxy) is 2. The van der Waals surface area contributed by atoms with E-state index in [1.165, 1.54) is 0 Å². The van der Waals surface area contributed by atoms with Crippen LogP contribution in [-0.4, -0.2) is 35.4 Å². The molecule has 4 N–H and O–H groups in total. The van der Waals surface area contributed by atoms with E-state index in [2.05, 4.69) is 5.32 Å². The van der Waals surface area contributed by atoms with E-state index >= 15 is 0 Å². The van der Waals surface area contributed by atoms with Gasteiger partial charge < -0.3 is 25.6 Å². The summed E-state index contributed by atoms with van der Waals surface area (Å²) < 4.78 is 10.5. The van der Waals surface area contributed by atoms with Crippen LogP contribution in [0.1, 0.15) is 26.3 Å². The molecule has 0 fully saturated rings.